The lowest BCUT2D eigenvalue weighted by Crippen LogP contribution is -2.47. The molecule has 82 valence electrons. The van der Waals surface area contributed by atoms with Gasteiger partial charge in [0.15, 0.2) is 0 Å². The SMILES string of the molecule is C[C@H](N)C(=O)N[C@@H]1CC[C@H](O)[C@@H](C)C1. The molecule has 1 fully saturated rings. The van der Waals surface area contributed by atoms with Crippen LogP contribution in [0.25, 0.3) is 0 Å². The fourth-order valence-corrected chi connectivity index (χ4v) is 1.84. The number of rotatable bonds is 2. The number of hydrogen-bond donors (Lipinski definition) is 3. The Bertz CT molecular complexity index is 206. The van der Waals surface area contributed by atoms with E-state index in [1.165, 1.54) is 0 Å². The van der Waals surface area contributed by atoms with Gasteiger partial charge in [-0.15, -0.1) is 0 Å². The Hall–Kier alpha value is -0.610. The second-order valence-electron chi connectivity index (χ2n) is 4.35. The van der Waals surface area contributed by atoms with Crippen molar-refractivity contribution >= 4 is 5.91 Å². The molecule has 14 heavy (non-hydrogen) atoms. The monoisotopic (exact) mass is 200 g/mol. The summed E-state index contributed by atoms with van der Waals surface area (Å²) in [5.74, 6) is 0.167. The minimum atomic E-state index is -0.447. The number of carbonyl (C=O) groups excluding carboxylic acids is 1. The molecule has 0 heterocycles. The van der Waals surface area contributed by atoms with Gasteiger partial charge in [-0.05, 0) is 32.1 Å². The molecular formula is C10H20N2O2. The highest BCUT2D eigenvalue weighted by atomic mass is 16.3. The first-order valence-electron chi connectivity index (χ1n) is 5.24. The van der Waals surface area contributed by atoms with Crippen LogP contribution in [0.2, 0.25) is 0 Å². The van der Waals surface area contributed by atoms with E-state index in [0.29, 0.717) is 0 Å². The van der Waals surface area contributed by atoms with Crippen LogP contribution in [0.15, 0.2) is 0 Å². The van der Waals surface area contributed by atoms with Gasteiger partial charge in [-0.1, -0.05) is 6.92 Å². The van der Waals surface area contributed by atoms with Crippen LogP contribution in [0.1, 0.15) is 33.1 Å². The van der Waals surface area contributed by atoms with E-state index < -0.39 is 6.04 Å². The Labute approximate surface area is 84.9 Å². The highest BCUT2D eigenvalue weighted by molar-refractivity contribution is 5.81. The van der Waals surface area contributed by atoms with Crippen molar-refractivity contribution in [1.29, 1.82) is 0 Å². The maximum absolute atomic E-state index is 11.3. The van der Waals surface area contributed by atoms with Crippen molar-refractivity contribution in [2.24, 2.45) is 11.7 Å². The Kier molecular flexibility index (Phi) is 3.89. The Morgan fingerprint density at radius 1 is 1.57 bits per heavy atom. The molecular weight excluding hydrogens is 180 g/mol. The number of aliphatic hydroxyl groups is 1. The standard InChI is InChI=1S/C10H20N2O2/c1-6-5-8(3-4-9(6)13)12-10(14)7(2)11/h6-9,13H,3-5,11H2,1-2H3,(H,12,14)/t6-,7-,8+,9-/m0/s1. The predicted molar refractivity (Wildman–Crippen MR) is 54.6 cm³/mol. The topological polar surface area (TPSA) is 75.4 Å². The van der Waals surface area contributed by atoms with Crippen molar-refractivity contribution in [3.05, 3.63) is 0 Å². The van der Waals surface area contributed by atoms with Crippen LogP contribution in [0.3, 0.4) is 0 Å². The molecule has 4 N–H and O–H groups in total. The van der Waals surface area contributed by atoms with E-state index in [-0.39, 0.29) is 24.0 Å². The predicted octanol–water partition coefficient (Wildman–Crippen LogP) is -0.000700. The van der Waals surface area contributed by atoms with Gasteiger partial charge < -0.3 is 16.2 Å². The van der Waals surface area contributed by atoms with Crippen LogP contribution in [0.4, 0.5) is 0 Å². The third-order valence-corrected chi connectivity index (χ3v) is 2.88. The average molecular weight is 200 g/mol. The Morgan fingerprint density at radius 2 is 2.21 bits per heavy atom. The quantitative estimate of drug-likeness (QED) is 0.587. The second kappa shape index (κ2) is 4.75. The second-order valence-corrected chi connectivity index (χ2v) is 4.35. The van der Waals surface area contributed by atoms with Gasteiger partial charge in [0.25, 0.3) is 0 Å². The van der Waals surface area contributed by atoms with E-state index in [1.54, 1.807) is 6.92 Å². The van der Waals surface area contributed by atoms with Gasteiger partial charge in [-0.25, -0.2) is 0 Å². The molecule has 1 aliphatic carbocycles. The van der Waals surface area contributed by atoms with Crippen molar-refractivity contribution < 1.29 is 9.90 Å². The van der Waals surface area contributed by atoms with Crippen LogP contribution >= 0.6 is 0 Å². The van der Waals surface area contributed by atoms with E-state index in [2.05, 4.69) is 5.32 Å². The van der Waals surface area contributed by atoms with Crippen molar-refractivity contribution in [3.8, 4) is 0 Å². The summed E-state index contributed by atoms with van der Waals surface area (Å²) in [6.45, 7) is 3.69. The summed E-state index contributed by atoms with van der Waals surface area (Å²) in [6, 6.07) is -0.260. The molecule has 0 saturated heterocycles. The first-order chi connectivity index (χ1) is 6.50. The third-order valence-electron chi connectivity index (χ3n) is 2.88. The van der Waals surface area contributed by atoms with Gasteiger partial charge in [0.1, 0.15) is 0 Å². The molecule has 4 nitrogen and oxygen atoms in total. The lowest BCUT2D eigenvalue weighted by molar-refractivity contribution is -0.123. The lowest BCUT2D eigenvalue weighted by atomic mass is 9.84. The summed E-state index contributed by atoms with van der Waals surface area (Å²) in [5.41, 5.74) is 5.45. The minimum absolute atomic E-state index is 0.0985. The van der Waals surface area contributed by atoms with Crippen LogP contribution in [0, 0.1) is 5.92 Å². The average Bonchev–Trinajstić information content (AvgIpc) is 2.11. The summed E-state index contributed by atoms with van der Waals surface area (Å²) < 4.78 is 0. The maximum Gasteiger partial charge on any atom is 0.236 e. The number of carbonyl (C=O) groups is 1. The molecule has 4 heteroatoms. The molecule has 0 aliphatic heterocycles. The summed E-state index contributed by atoms with van der Waals surface area (Å²) in [4.78, 5) is 11.3. The lowest BCUT2D eigenvalue weighted by Gasteiger charge is -2.31. The largest absolute Gasteiger partial charge is 0.393 e. The number of hydrogen-bond acceptors (Lipinski definition) is 3. The van der Waals surface area contributed by atoms with E-state index in [1.807, 2.05) is 6.92 Å². The highest BCUT2D eigenvalue weighted by Gasteiger charge is 2.27. The summed E-state index contributed by atoms with van der Waals surface area (Å²) in [6.07, 6.45) is 2.26. The Balaban J connectivity index is 2.37. The third kappa shape index (κ3) is 2.96. The van der Waals surface area contributed by atoms with Crippen LogP contribution in [-0.4, -0.2) is 29.2 Å². The van der Waals surface area contributed by atoms with Gasteiger partial charge in [-0.2, -0.15) is 0 Å². The van der Waals surface area contributed by atoms with Gasteiger partial charge in [-0.3, -0.25) is 4.79 Å². The molecule has 1 aliphatic rings. The smallest absolute Gasteiger partial charge is 0.236 e. The molecule has 0 spiro atoms. The first-order valence-corrected chi connectivity index (χ1v) is 5.24. The normalized spacial score (nSPS) is 35.0. The fraction of sp³-hybridized carbons (Fsp3) is 0.900. The molecule has 0 bridgehead atoms. The van der Waals surface area contributed by atoms with Gasteiger partial charge in [0.2, 0.25) is 5.91 Å². The van der Waals surface area contributed by atoms with Crippen molar-refractivity contribution in [3.63, 3.8) is 0 Å². The summed E-state index contributed by atoms with van der Waals surface area (Å²) >= 11 is 0. The fourth-order valence-electron chi connectivity index (χ4n) is 1.84. The molecule has 0 radical (unpaired) electrons. The van der Waals surface area contributed by atoms with Crippen LogP contribution < -0.4 is 11.1 Å². The van der Waals surface area contributed by atoms with Gasteiger partial charge >= 0.3 is 0 Å². The molecule has 0 unspecified atom stereocenters. The van der Waals surface area contributed by atoms with Crippen LogP contribution in [0.5, 0.6) is 0 Å². The van der Waals surface area contributed by atoms with E-state index >= 15 is 0 Å². The first kappa shape index (κ1) is 11.5. The van der Waals surface area contributed by atoms with Crippen molar-refractivity contribution in [1.82, 2.24) is 5.32 Å². The number of nitrogens with two attached hydrogens (primary N) is 1. The maximum atomic E-state index is 11.3. The van der Waals surface area contributed by atoms with E-state index in [4.69, 9.17) is 5.73 Å². The molecule has 1 amide bonds. The van der Waals surface area contributed by atoms with Crippen LogP contribution in [-0.2, 0) is 4.79 Å². The molecule has 0 aromatic rings. The molecule has 0 aromatic carbocycles. The Morgan fingerprint density at radius 3 is 2.71 bits per heavy atom. The molecule has 1 rings (SSSR count). The summed E-state index contributed by atoms with van der Waals surface area (Å²) in [5, 5.41) is 12.4. The molecule has 0 aromatic heterocycles. The zero-order valence-electron chi connectivity index (χ0n) is 8.86. The van der Waals surface area contributed by atoms with Gasteiger partial charge in [0, 0.05) is 6.04 Å². The minimum Gasteiger partial charge on any atom is -0.393 e. The van der Waals surface area contributed by atoms with Crippen molar-refractivity contribution in [2.45, 2.75) is 51.3 Å². The van der Waals surface area contributed by atoms with E-state index in [9.17, 15) is 9.90 Å². The van der Waals surface area contributed by atoms with Gasteiger partial charge in [0.05, 0.1) is 12.1 Å². The number of nitrogens with one attached hydrogen (secondary N) is 1. The van der Waals surface area contributed by atoms with E-state index in [0.717, 1.165) is 19.3 Å². The zero-order valence-corrected chi connectivity index (χ0v) is 8.86. The van der Waals surface area contributed by atoms with Crippen molar-refractivity contribution in [2.75, 3.05) is 0 Å². The highest BCUT2D eigenvalue weighted by Crippen LogP contribution is 2.24. The number of amides is 1. The zero-order chi connectivity index (χ0) is 10.7. The number of aliphatic hydroxyl groups excluding tert-OH is 1. The molecule has 1 saturated carbocycles. The molecule has 4 atom stereocenters. The summed E-state index contributed by atoms with van der Waals surface area (Å²) in [7, 11) is 0.